The monoisotopic (exact) mass is 376 g/mol. The molecular formula is C23H24N2O3. The Kier molecular flexibility index (Phi) is 6.76. The normalized spacial score (nSPS) is 11.8. The van der Waals surface area contributed by atoms with E-state index < -0.39 is 0 Å². The maximum atomic E-state index is 12.9. The number of methoxy groups -OCH3 is 1. The van der Waals surface area contributed by atoms with Crippen LogP contribution in [0.5, 0.6) is 0 Å². The van der Waals surface area contributed by atoms with Crippen LogP contribution in [0.4, 0.5) is 0 Å². The van der Waals surface area contributed by atoms with E-state index in [-0.39, 0.29) is 17.5 Å². The van der Waals surface area contributed by atoms with Gasteiger partial charge in [0.2, 0.25) is 0 Å². The topological polar surface area (TPSA) is 60.3 Å². The van der Waals surface area contributed by atoms with Crippen molar-refractivity contribution in [3.05, 3.63) is 106 Å². The molecule has 0 bridgehead atoms. The lowest BCUT2D eigenvalue weighted by molar-refractivity contribution is 0.0935. The molecule has 0 fully saturated rings. The Morgan fingerprint density at radius 1 is 1.00 bits per heavy atom. The predicted octanol–water partition coefficient (Wildman–Crippen LogP) is 3.21. The highest BCUT2D eigenvalue weighted by Gasteiger charge is 2.17. The third-order valence-electron chi connectivity index (χ3n) is 4.57. The number of carbonyl (C=O) groups excluding carboxylic acids is 1. The van der Waals surface area contributed by atoms with E-state index in [9.17, 15) is 9.59 Å². The second kappa shape index (κ2) is 9.67. The van der Waals surface area contributed by atoms with Crippen LogP contribution in [0.15, 0.2) is 83.8 Å². The Morgan fingerprint density at radius 3 is 2.36 bits per heavy atom. The zero-order chi connectivity index (χ0) is 19.8. The molecule has 0 saturated carbocycles. The first-order valence-electron chi connectivity index (χ1n) is 9.26. The molecular weight excluding hydrogens is 352 g/mol. The van der Waals surface area contributed by atoms with E-state index in [2.05, 4.69) is 5.32 Å². The van der Waals surface area contributed by atoms with Gasteiger partial charge in [-0.25, -0.2) is 0 Å². The maximum absolute atomic E-state index is 12.9. The highest BCUT2D eigenvalue weighted by Crippen LogP contribution is 2.19. The van der Waals surface area contributed by atoms with Gasteiger partial charge in [0.1, 0.15) is 0 Å². The number of ether oxygens (including phenoxy) is 1. The Balaban J connectivity index is 1.82. The van der Waals surface area contributed by atoms with E-state index in [4.69, 9.17) is 4.74 Å². The standard InChI is InChI=1S/C23H24N2O3/c1-28-15-14-25-17-20(12-13-22(25)26)23(27)24-21(19-10-6-3-7-11-19)16-18-8-4-2-5-9-18/h2-13,17,21H,14-16H2,1H3,(H,24,27)/t21-/m0/s1. The van der Waals surface area contributed by atoms with E-state index in [0.29, 0.717) is 25.1 Å². The molecule has 0 aliphatic heterocycles. The van der Waals surface area contributed by atoms with Gasteiger partial charge < -0.3 is 14.6 Å². The molecule has 0 unspecified atom stereocenters. The lowest BCUT2D eigenvalue weighted by Gasteiger charge is -2.20. The molecule has 0 radical (unpaired) electrons. The van der Waals surface area contributed by atoms with Gasteiger partial charge in [-0.2, -0.15) is 0 Å². The molecule has 1 atom stereocenters. The molecule has 1 heterocycles. The Morgan fingerprint density at radius 2 is 1.68 bits per heavy atom. The van der Waals surface area contributed by atoms with Crippen LogP contribution in [-0.2, 0) is 17.7 Å². The number of nitrogens with zero attached hydrogens (tertiary/aromatic N) is 1. The van der Waals surface area contributed by atoms with Crippen molar-refractivity contribution >= 4 is 5.91 Å². The third-order valence-corrected chi connectivity index (χ3v) is 4.57. The van der Waals surface area contributed by atoms with Crippen molar-refractivity contribution in [3.8, 4) is 0 Å². The molecule has 0 spiro atoms. The largest absolute Gasteiger partial charge is 0.383 e. The molecule has 3 rings (SSSR count). The number of aromatic nitrogens is 1. The summed E-state index contributed by atoms with van der Waals surface area (Å²) in [5, 5.41) is 3.12. The zero-order valence-electron chi connectivity index (χ0n) is 15.9. The lowest BCUT2D eigenvalue weighted by Crippen LogP contribution is -2.31. The summed E-state index contributed by atoms with van der Waals surface area (Å²) in [5.41, 5.74) is 2.47. The van der Waals surface area contributed by atoms with Crippen LogP contribution in [0.1, 0.15) is 27.5 Å². The highest BCUT2D eigenvalue weighted by molar-refractivity contribution is 5.94. The van der Waals surface area contributed by atoms with Crippen molar-refractivity contribution in [2.24, 2.45) is 0 Å². The van der Waals surface area contributed by atoms with Crippen molar-refractivity contribution in [1.82, 2.24) is 9.88 Å². The molecule has 1 N–H and O–H groups in total. The summed E-state index contributed by atoms with van der Waals surface area (Å²) < 4.78 is 6.52. The molecule has 0 aliphatic carbocycles. The van der Waals surface area contributed by atoms with Gasteiger partial charge in [-0.1, -0.05) is 60.7 Å². The fourth-order valence-electron chi connectivity index (χ4n) is 3.06. The molecule has 1 aromatic heterocycles. The van der Waals surface area contributed by atoms with Gasteiger partial charge in [-0.15, -0.1) is 0 Å². The minimum absolute atomic E-state index is 0.155. The first-order chi connectivity index (χ1) is 13.7. The molecule has 0 aliphatic rings. The van der Waals surface area contributed by atoms with Crippen molar-refractivity contribution in [3.63, 3.8) is 0 Å². The molecule has 5 nitrogen and oxygen atoms in total. The minimum atomic E-state index is -0.212. The number of benzene rings is 2. The summed E-state index contributed by atoms with van der Waals surface area (Å²) in [6, 6.07) is 22.8. The summed E-state index contributed by atoms with van der Waals surface area (Å²) in [4.78, 5) is 24.9. The van der Waals surface area contributed by atoms with Gasteiger partial charge in [0, 0.05) is 25.9 Å². The average Bonchev–Trinajstić information content (AvgIpc) is 2.74. The van der Waals surface area contributed by atoms with Crippen molar-refractivity contribution < 1.29 is 9.53 Å². The highest BCUT2D eigenvalue weighted by atomic mass is 16.5. The molecule has 28 heavy (non-hydrogen) atoms. The van der Waals surface area contributed by atoms with Gasteiger partial charge in [-0.3, -0.25) is 9.59 Å². The average molecular weight is 376 g/mol. The minimum Gasteiger partial charge on any atom is -0.383 e. The molecule has 5 heteroatoms. The van der Waals surface area contributed by atoms with E-state index in [1.807, 2.05) is 60.7 Å². The first kappa shape index (κ1) is 19.6. The van der Waals surface area contributed by atoms with Gasteiger partial charge in [0.15, 0.2) is 0 Å². The zero-order valence-corrected chi connectivity index (χ0v) is 15.9. The fourth-order valence-corrected chi connectivity index (χ4v) is 3.06. The molecule has 3 aromatic rings. The first-order valence-corrected chi connectivity index (χ1v) is 9.26. The summed E-state index contributed by atoms with van der Waals surface area (Å²) in [7, 11) is 1.58. The molecule has 0 saturated heterocycles. The van der Waals surface area contributed by atoms with Crippen molar-refractivity contribution in [1.29, 1.82) is 0 Å². The number of carbonyl (C=O) groups is 1. The van der Waals surface area contributed by atoms with Crippen LogP contribution in [0.25, 0.3) is 0 Å². The number of hydrogen-bond donors (Lipinski definition) is 1. The number of rotatable bonds is 8. The number of pyridine rings is 1. The quantitative estimate of drug-likeness (QED) is 0.657. The third kappa shape index (κ3) is 5.18. The lowest BCUT2D eigenvalue weighted by atomic mass is 9.98. The predicted molar refractivity (Wildman–Crippen MR) is 109 cm³/mol. The molecule has 1 amide bonds. The Labute approximate surface area is 164 Å². The number of hydrogen-bond acceptors (Lipinski definition) is 3. The van der Waals surface area contributed by atoms with Crippen molar-refractivity contribution in [2.45, 2.75) is 19.0 Å². The van der Waals surface area contributed by atoms with E-state index in [1.165, 1.54) is 10.6 Å². The van der Waals surface area contributed by atoms with Crippen molar-refractivity contribution in [2.75, 3.05) is 13.7 Å². The molecule has 2 aromatic carbocycles. The van der Waals surface area contributed by atoms with Crippen LogP contribution in [0, 0.1) is 0 Å². The van der Waals surface area contributed by atoms with Gasteiger partial charge in [-0.05, 0) is 23.6 Å². The Bertz CT molecular complexity index is 952. The van der Waals surface area contributed by atoms with Crippen LogP contribution in [0.2, 0.25) is 0 Å². The summed E-state index contributed by atoms with van der Waals surface area (Å²) in [6.45, 7) is 0.814. The maximum Gasteiger partial charge on any atom is 0.253 e. The second-order valence-electron chi connectivity index (χ2n) is 6.57. The van der Waals surface area contributed by atoms with E-state index >= 15 is 0 Å². The number of nitrogens with one attached hydrogen (secondary N) is 1. The summed E-state index contributed by atoms with van der Waals surface area (Å²) >= 11 is 0. The van der Waals surface area contributed by atoms with Crippen LogP contribution < -0.4 is 10.9 Å². The van der Waals surface area contributed by atoms with Gasteiger partial charge in [0.25, 0.3) is 11.5 Å². The summed E-state index contributed by atoms with van der Waals surface area (Å²) in [6.07, 6.45) is 2.27. The van der Waals surface area contributed by atoms with Crippen LogP contribution in [0.3, 0.4) is 0 Å². The second-order valence-corrected chi connectivity index (χ2v) is 6.57. The molecule has 144 valence electrons. The number of amides is 1. The van der Waals surface area contributed by atoms with Gasteiger partial charge in [0.05, 0.1) is 18.2 Å². The SMILES string of the molecule is COCCn1cc(C(=O)N[C@@H](Cc2ccccc2)c2ccccc2)ccc1=O. The van der Waals surface area contributed by atoms with Crippen LogP contribution >= 0.6 is 0 Å². The smallest absolute Gasteiger partial charge is 0.253 e. The van der Waals surface area contributed by atoms with Gasteiger partial charge >= 0.3 is 0 Å². The van der Waals surface area contributed by atoms with E-state index in [1.54, 1.807) is 19.4 Å². The van der Waals surface area contributed by atoms with E-state index in [0.717, 1.165) is 11.1 Å². The fraction of sp³-hybridized carbons (Fsp3) is 0.217. The van der Waals surface area contributed by atoms with Crippen LogP contribution in [-0.4, -0.2) is 24.2 Å². The Hall–Kier alpha value is -3.18. The summed E-state index contributed by atoms with van der Waals surface area (Å²) in [5.74, 6) is -0.212.